The van der Waals surface area contributed by atoms with Crippen LogP contribution in [0.2, 0.25) is 0 Å². The first-order valence-corrected chi connectivity index (χ1v) is 9.18. The van der Waals surface area contributed by atoms with Gasteiger partial charge in [-0.25, -0.2) is 4.79 Å². The molecule has 2 amide bonds. The number of benzene rings is 1. The van der Waals surface area contributed by atoms with E-state index in [-0.39, 0.29) is 12.3 Å². The largest absolute Gasteiger partial charge is 0.480 e. The zero-order chi connectivity index (χ0) is 18.1. The van der Waals surface area contributed by atoms with E-state index in [0.717, 1.165) is 5.56 Å². The summed E-state index contributed by atoms with van der Waals surface area (Å²) in [6, 6.07) is 5.36. The smallest absolute Gasteiger partial charge is 0.326 e. The molecule has 24 heavy (non-hydrogen) atoms. The highest BCUT2D eigenvalue weighted by Crippen LogP contribution is 2.07. The molecule has 7 heteroatoms. The number of carboxylic acids is 1. The molecule has 0 heterocycles. The number of nitrogens with one attached hydrogen (secondary N) is 2. The molecule has 0 saturated carbocycles. The molecule has 2 atom stereocenters. The molecule has 0 aliphatic rings. The second-order valence-corrected chi connectivity index (χ2v) is 6.47. The van der Waals surface area contributed by atoms with Crippen LogP contribution in [0.3, 0.4) is 0 Å². The average Bonchev–Trinajstić information content (AvgIpc) is 2.55. The molecular formula is C17H24N2O4S. The van der Waals surface area contributed by atoms with Crippen molar-refractivity contribution in [2.45, 2.75) is 38.8 Å². The normalized spacial score (nSPS) is 13.0. The summed E-state index contributed by atoms with van der Waals surface area (Å²) in [6.45, 7) is 3.56. The van der Waals surface area contributed by atoms with Gasteiger partial charge in [0.05, 0.1) is 0 Å². The Labute approximate surface area is 146 Å². The maximum Gasteiger partial charge on any atom is 0.326 e. The van der Waals surface area contributed by atoms with Gasteiger partial charge in [-0.15, -0.1) is 0 Å². The van der Waals surface area contributed by atoms with Crippen LogP contribution in [0.5, 0.6) is 0 Å². The molecule has 0 bridgehead atoms. The molecule has 0 aliphatic heterocycles. The fourth-order valence-corrected chi connectivity index (χ4v) is 2.61. The lowest BCUT2D eigenvalue weighted by atomic mass is 10.1. The van der Waals surface area contributed by atoms with Gasteiger partial charge in [-0.2, -0.15) is 11.8 Å². The van der Waals surface area contributed by atoms with E-state index in [1.165, 1.54) is 0 Å². The molecule has 0 fully saturated rings. The quantitative estimate of drug-likeness (QED) is 0.630. The highest BCUT2D eigenvalue weighted by atomic mass is 32.2. The van der Waals surface area contributed by atoms with E-state index in [9.17, 15) is 14.4 Å². The van der Waals surface area contributed by atoms with Crippen molar-refractivity contribution >= 4 is 29.5 Å². The van der Waals surface area contributed by atoms with Crippen LogP contribution in [-0.4, -0.2) is 47.0 Å². The van der Waals surface area contributed by atoms with Gasteiger partial charge in [0.25, 0.3) is 5.91 Å². The molecule has 6 nitrogen and oxygen atoms in total. The minimum absolute atomic E-state index is 0.280. The second kappa shape index (κ2) is 9.97. The first-order chi connectivity index (χ1) is 11.4. The molecule has 132 valence electrons. The number of hydrogen-bond acceptors (Lipinski definition) is 4. The van der Waals surface area contributed by atoms with Crippen LogP contribution < -0.4 is 10.6 Å². The van der Waals surface area contributed by atoms with Crippen LogP contribution >= 0.6 is 11.8 Å². The average molecular weight is 352 g/mol. The summed E-state index contributed by atoms with van der Waals surface area (Å²) in [5.74, 6) is -1.22. The molecule has 1 aromatic rings. The lowest BCUT2D eigenvalue weighted by Crippen LogP contribution is -2.51. The van der Waals surface area contributed by atoms with Gasteiger partial charge in [0, 0.05) is 5.56 Å². The summed E-state index contributed by atoms with van der Waals surface area (Å²) >= 11 is 1.56. The predicted molar refractivity (Wildman–Crippen MR) is 95.3 cm³/mol. The Bertz CT molecular complexity index is 592. The van der Waals surface area contributed by atoms with Crippen LogP contribution in [0.25, 0.3) is 0 Å². The molecule has 0 aliphatic carbocycles. The second-order valence-electron chi connectivity index (χ2n) is 5.48. The molecule has 2 unspecified atom stereocenters. The number of rotatable bonds is 9. The van der Waals surface area contributed by atoms with Crippen molar-refractivity contribution in [1.29, 1.82) is 0 Å². The molecule has 0 spiro atoms. The SMILES string of the molecule is CCC(NC(=O)C(CCSC)NC(=O)c1cccc(C)c1)C(=O)O. The van der Waals surface area contributed by atoms with Crippen molar-refractivity contribution in [3.05, 3.63) is 35.4 Å². The van der Waals surface area contributed by atoms with Crippen LogP contribution in [0, 0.1) is 6.92 Å². The predicted octanol–water partition coefficient (Wildman–Crippen LogP) is 1.83. The zero-order valence-corrected chi connectivity index (χ0v) is 15.0. The number of hydrogen-bond donors (Lipinski definition) is 3. The van der Waals surface area contributed by atoms with Gasteiger partial charge in [0.1, 0.15) is 12.1 Å². The first-order valence-electron chi connectivity index (χ1n) is 7.78. The number of aryl methyl sites for hydroxylation is 1. The Hall–Kier alpha value is -2.02. The third kappa shape index (κ3) is 6.23. The lowest BCUT2D eigenvalue weighted by Gasteiger charge is -2.20. The Kier molecular flexibility index (Phi) is 8.32. The Morgan fingerprint density at radius 1 is 1.21 bits per heavy atom. The number of carbonyl (C=O) groups is 3. The van der Waals surface area contributed by atoms with E-state index in [1.807, 2.05) is 19.2 Å². The van der Waals surface area contributed by atoms with E-state index in [0.29, 0.717) is 17.7 Å². The number of carbonyl (C=O) groups excluding carboxylic acids is 2. The van der Waals surface area contributed by atoms with Crippen molar-refractivity contribution in [2.24, 2.45) is 0 Å². The maximum absolute atomic E-state index is 12.4. The summed E-state index contributed by atoms with van der Waals surface area (Å²) in [7, 11) is 0. The van der Waals surface area contributed by atoms with E-state index < -0.39 is 24.0 Å². The number of aliphatic carboxylic acids is 1. The Morgan fingerprint density at radius 3 is 2.46 bits per heavy atom. The maximum atomic E-state index is 12.4. The van der Waals surface area contributed by atoms with Crippen molar-refractivity contribution < 1.29 is 19.5 Å². The molecule has 0 radical (unpaired) electrons. The third-order valence-electron chi connectivity index (χ3n) is 3.54. The van der Waals surface area contributed by atoms with Gasteiger partial charge in [-0.1, -0.05) is 24.6 Å². The summed E-state index contributed by atoms with van der Waals surface area (Å²) in [5.41, 5.74) is 1.42. The summed E-state index contributed by atoms with van der Waals surface area (Å²) < 4.78 is 0. The van der Waals surface area contributed by atoms with Crippen molar-refractivity contribution in [2.75, 3.05) is 12.0 Å². The van der Waals surface area contributed by atoms with Crippen LogP contribution in [0.15, 0.2) is 24.3 Å². The molecular weight excluding hydrogens is 328 g/mol. The standard InChI is InChI=1S/C17H24N2O4S/c1-4-13(17(22)23)18-16(21)14(8-9-24-3)19-15(20)12-7-5-6-11(2)10-12/h5-7,10,13-14H,4,8-9H2,1-3H3,(H,18,21)(H,19,20)(H,22,23). The third-order valence-corrected chi connectivity index (χ3v) is 4.18. The molecule has 0 aromatic heterocycles. The molecule has 1 rings (SSSR count). The van der Waals surface area contributed by atoms with E-state index in [4.69, 9.17) is 5.11 Å². The minimum atomic E-state index is -1.08. The lowest BCUT2D eigenvalue weighted by molar-refractivity contribution is -0.142. The summed E-state index contributed by atoms with van der Waals surface area (Å²) in [5, 5.41) is 14.3. The Balaban J connectivity index is 2.82. The van der Waals surface area contributed by atoms with Gasteiger partial charge >= 0.3 is 5.97 Å². The summed E-state index contributed by atoms with van der Waals surface area (Å²) in [4.78, 5) is 35.8. The zero-order valence-electron chi connectivity index (χ0n) is 14.2. The molecule has 3 N–H and O–H groups in total. The molecule has 1 aromatic carbocycles. The van der Waals surface area contributed by atoms with Crippen LogP contribution in [0.4, 0.5) is 0 Å². The topological polar surface area (TPSA) is 95.5 Å². The van der Waals surface area contributed by atoms with Crippen LogP contribution in [0.1, 0.15) is 35.7 Å². The highest BCUT2D eigenvalue weighted by Gasteiger charge is 2.25. The number of amides is 2. The summed E-state index contributed by atoms with van der Waals surface area (Å²) in [6.07, 6.45) is 2.62. The van der Waals surface area contributed by atoms with Gasteiger partial charge in [-0.3, -0.25) is 9.59 Å². The van der Waals surface area contributed by atoms with Crippen molar-refractivity contribution in [3.8, 4) is 0 Å². The van der Waals surface area contributed by atoms with Crippen LogP contribution in [-0.2, 0) is 9.59 Å². The Morgan fingerprint density at radius 2 is 1.92 bits per heavy atom. The fourth-order valence-electron chi connectivity index (χ4n) is 2.14. The fraction of sp³-hybridized carbons (Fsp3) is 0.471. The monoisotopic (exact) mass is 352 g/mol. The van der Waals surface area contributed by atoms with Crippen molar-refractivity contribution in [1.82, 2.24) is 10.6 Å². The molecule has 0 saturated heterocycles. The van der Waals surface area contributed by atoms with Gasteiger partial charge in [0.15, 0.2) is 0 Å². The highest BCUT2D eigenvalue weighted by molar-refractivity contribution is 7.98. The van der Waals surface area contributed by atoms with E-state index in [1.54, 1.807) is 36.9 Å². The van der Waals surface area contributed by atoms with Gasteiger partial charge in [-0.05, 0) is 43.9 Å². The number of carboxylic acid groups (broad SMARTS) is 1. The van der Waals surface area contributed by atoms with E-state index >= 15 is 0 Å². The first kappa shape index (κ1) is 20.0. The minimum Gasteiger partial charge on any atom is -0.480 e. The van der Waals surface area contributed by atoms with Gasteiger partial charge in [0.2, 0.25) is 5.91 Å². The van der Waals surface area contributed by atoms with Crippen molar-refractivity contribution in [3.63, 3.8) is 0 Å². The van der Waals surface area contributed by atoms with E-state index in [2.05, 4.69) is 10.6 Å². The van der Waals surface area contributed by atoms with Gasteiger partial charge < -0.3 is 15.7 Å². The number of thioether (sulfide) groups is 1.